The Labute approximate surface area is 39.4 Å². The summed E-state index contributed by atoms with van der Waals surface area (Å²) in [6, 6.07) is 0. The fraction of sp³-hybridized carbons (Fsp3) is 0. The van der Waals surface area contributed by atoms with E-state index in [-0.39, 0.29) is 38.5 Å². The molecule has 0 aliphatic carbocycles. The molecule has 0 aliphatic heterocycles. The van der Waals surface area contributed by atoms with E-state index in [9.17, 15) is 0 Å². The maximum atomic E-state index is 0. The van der Waals surface area contributed by atoms with E-state index in [0.29, 0.717) is 0 Å². The molecule has 3 nitrogen and oxygen atoms in total. The van der Waals surface area contributed by atoms with Crippen molar-refractivity contribution in [3.05, 3.63) is 0 Å². The minimum absolute atomic E-state index is 0. The predicted octanol–water partition coefficient (Wildman–Crippen LogP) is -4.82. The molecule has 0 aromatic heterocycles. The molecule has 38 valence electrons. The van der Waals surface area contributed by atoms with Crippen LogP contribution in [0.15, 0.2) is 0 Å². The van der Waals surface area contributed by atoms with Crippen molar-refractivity contribution >= 4 is 0 Å². The summed E-state index contributed by atoms with van der Waals surface area (Å²) in [6.07, 6.45) is 0. The zero-order valence-electron chi connectivity index (χ0n) is 2.23. The maximum Gasteiger partial charge on any atom is 0 e. The average molecular weight is 124 g/mol. The fourth-order valence-corrected chi connectivity index (χ4v) is 0. The topological polar surface area (TPSA) is 93.0 Å². The molecule has 0 aromatic carbocycles. The summed E-state index contributed by atoms with van der Waals surface area (Å²) >= 11 is 0. The molecule has 0 unspecified atom stereocenters. The van der Waals surface area contributed by atoms with Crippen LogP contribution in [0.25, 0.3) is 0 Å². The van der Waals surface area contributed by atoms with Gasteiger partial charge in [-0.1, -0.05) is 0 Å². The summed E-state index contributed by atoms with van der Waals surface area (Å²) in [7, 11) is 0. The molecular weight excluding hydrogens is 119 g/mol. The van der Waals surface area contributed by atoms with Gasteiger partial charge < -0.3 is 21.1 Å². The van der Waals surface area contributed by atoms with E-state index in [1.165, 1.54) is 0 Å². The first-order valence-electron chi connectivity index (χ1n) is 0. The van der Waals surface area contributed by atoms with Crippen LogP contribution in [-0.2, 0) is 17.4 Å². The van der Waals surface area contributed by atoms with Crippen molar-refractivity contribution in [1.29, 1.82) is 0 Å². The van der Waals surface area contributed by atoms with Gasteiger partial charge in [0.25, 0.3) is 0 Å². The van der Waals surface area contributed by atoms with Crippen LogP contribution in [0.2, 0.25) is 0 Å². The van der Waals surface area contributed by atoms with Gasteiger partial charge in [0.2, 0.25) is 0 Å². The third kappa shape index (κ3) is 203. The molecule has 5 N–H and O–H groups in total. The standard InChI is InChI=1S/Cr.FH.3H2O/h;1H;3*1H2/p-2. The van der Waals surface area contributed by atoms with Gasteiger partial charge in [0, 0.05) is 17.4 Å². The predicted molar refractivity (Wildman–Crippen MR) is 9.16 cm³/mol. The fourth-order valence-electron chi connectivity index (χ4n) is 0. The van der Waals surface area contributed by atoms with Crippen molar-refractivity contribution in [2.45, 2.75) is 0 Å². The van der Waals surface area contributed by atoms with Crippen molar-refractivity contribution in [2.24, 2.45) is 0 Å². The summed E-state index contributed by atoms with van der Waals surface area (Å²) in [5.74, 6) is 0. The average Bonchev–Trinajstić information content (AvgIpc) is 0. The van der Waals surface area contributed by atoms with Gasteiger partial charge in [0.1, 0.15) is 0 Å². The Bertz CT molecular complexity index is 6.85. The Hall–Kier alpha value is 0.342. The molecule has 0 fully saturated rings. The Kier molecular flexibility index (Phi) is 71100. The molecule has 5 heavy (non-hydrogen) atoms. The van der Waals surface area contributed by atoms with Crippen molar-refractivity contribution in [2.75, 3.05) is 0 Å². The molecule has 0 amide bonds. The van der Waals surface area contributed by atoms with Gasteiger partial charge in [0.05, 0.1) is 0 Å². The van der Waals surface area contributed by atoms with Crippen LogP contribution in [0.4, 0.5) is 0 Å². The second kappa shape index (κ2) is 414. The Balaban J connectivity index is 0. The van der Waals surface area contributed by atoms with Crippen LogP contribution in [0, 0.1) is 0 Å². The monoisotopic (exact) mass is 124 g/mol. The summed E-state index contributed by atoms with van der Waals surface area (Å²) in [4.78, 5) is 0. The van der Waals surface area contributed by atoms with Gasteiger partial charge in [-0.3, -0.25) is 0 Å². The van der Waals surface area contributed by atoms with Gasteiger partial charge in [-0.2, -0.15) is 0 Å². The van der Waals surface area contributed by atoms with Crippen LogP contribution >= 0.6 is 0 Å². The largest absolute Gasteiger partial charge is 1.00 e. The molecule has 0 rings (SSSR count). The zero-order valence-corrected chi connectivity index (χ0v) is 3.51. The maximum absolute atomic E-state index is 0. The van der Waals surface area contributed by atoms with Crippen LogP contribution in [0.3, 0.4) is 0 Å². The summed E-state index contributed by atoms with van der Waals surface area (Å²) in [6.45, 7) is 0. The SMILES string of the molecule is O.O.[Cr].[F-].[OH-]. The van der Waals surface area contributed by atoms with E-state index in [4.69, 9.17) is 0 Å². The van der Waals surface area contributed by atoms with Gasteiger partial charge in [-0.15, -0.1) is 0 Å². The summed E-state index contributed by atoms with van der Waals surface area (Å²) in [5.41, 5.74) is 0. The number of hydrogen-bond acceptors (Lipinski definition) is 1. The Morgan fingerprint density at radius 1 is 0.800 bits per heavy atom. The van der Waals surface area contributed by atoms with E-state index < -0.39 is 0 Å². The van der Waals surface area contributed by atoms with Crippen LogP contribution in [-0.4, -0.2) is 16.4 Å². The normalized spacial score (nSPS) is 0. The van der Waals surface area contributed by atoms with Crippen molar-refractivity contribution in [3.8, 4) is 0 Å². The second-order valence-electron chi connectivity index (χ2n) is 0. The quantitative estimate of drug-likeness (QED) is 0.318. The molecule has 0 heterocycles. The molecule has 0 saturated heterocycles. The summed E-state index contributed by atoms with van der Waals surface area (Å²) in [5, 5.41) is 0. The van der Waals surface area contributed by atoms with E-state index in [1.807, 2.05) is 0 Å². The van der Waals surface area contributed by atoms with E-state index in [2.05, 4.69) is 0 Å². The Morgan fingerprint density at radius 3 is 0.800 bits per heavy atom. The number of halogens is 1. The van der Waals surface area contributed by atoms with Crippen LogP contribution in [0.1, 0.15) is 0 Å². The van der Waals surface area contributed by atoms with Crippen LogP contribution < -0.4 is 4.70 Å². The molecule has 5 heteroatoms. The molecule has 0 saturated carbocycles. The van der Waals surface area contributed by atoms with E-state index >= 15 is 0 Å². The minimum atomic E-state index is 0. The minimum Gasteiger partial charge on any atom is -1.00 e. The molecule has 0 aromatic rings. The van der Waals surface area contributed by atoms with Crippen molar-refractivity contribution < 1.29 is 38.5 Å². The van der Waals surface area contributed by atoms with Gasteiger partial charge in [0.15, 0.2) is 0 Å². The first kappa shape index (κ1) is 859. The van der Waals surface area contributed by atoms with Crippen molar-refractivity contribution in [1.82, 2.24) is 0 Å². The number of rotatable bonds is 0. The first-order valence-corrected chi connectivity index (χ1v) is 0. The van der Waals surface area contributed by atoms with Crippen molar-refractivity contribution in [3.63, 3.8) is 0 Å². The van der Waals surface area contributed by atoms with E-state index in [0.717, 1.165) is 0 Å². The first-order chi connectivity index (χ1) is 0. The number of hydrogen-bond donors (Lipinski definition) is 0. The molecule has 0 aliphatic rings. The molecule has 0 radical (unpaired) electrons. The van der Waals surface area contributed by atoms with Gasteiger partial charge in [-0.05, 0) is 0 Å². The smallest absolute Gasteiger partial charge is 0 e. The third-order valence-corrected chi connectivity index (χ3v) is 0. The van der Waals surface area contributed by atoms with Gasteiger partial charge >= 0.3 is 0 Å². The van der Waals surface area contributed by atoms with Gasteiger partial charge in [-0.25, -0.2) is 0 Å². The Morgan fingerprint density at radius 2 is 0.800 bits per heavy atom. The second-order valence-corrected chi connectivity index (χ2v) is 0. The molecule has 0 bridgehead atoms. The van der Waals surface area contributed by atoms with E-state index in [1.54, 1.807) is 0 Å². The zero-order chi connectivity index (χ0) is 0. The molecule has 0 atom stereocenters. The summed E-state index contributed by atoms with van der Waals surface area (Å²) < 4.78 is 0. The van der Waals surface area contributed by atoms with Crippen LogP contribution in [0.5, 0.6) is 0 Å². The molecule has 0 spiro atoms. The molecular formula is H5CrFO3-2. The third-order valence-electron chi connectivity index (χ3n) is 0.